The fraction of sp³-hybridized carbons (Fsp3) is 0.900. The summed E-state index contributed by atoms with van der Waals surface area (Å²) in [5.41, 5.74) is 0. The number of alkyl halides is 4. The highest BCUT2D eigenvalue weighted by Crippen LogP contribution is 2.28. The molecule has 0 aliphatic carbocycles. The molecule has 3 nitrogen and oxygen atoms in total. The van der Waals surface area contributed by atoms with Gasteiger partial charge in [-0.25, -0.2) is 8.78 Å². The van der Waals surface area contributed by atoms with Crippen molar-refractivity contribution in [3.63, 3.8) is 0 Å². The first-order chi connectivity index (χ1) is 7.93. The quantitative estimate of drug-likeness (QED) is 0.691. The lowest BCUT2D eigenvalue weighted by molar-refractivity contribution is -0.182. The van der Waals surface area contributed by atoms with Gasteiger partial charge in [-0.15, -0.1) is 0 Å². The van der Waals surface area contributed by atoms with Gasteiger partial charge in [0.15, 0.2) is 0 Å². The number of nitrogens with zero attached hydrogens (tertiary/aromatic N) is 2. The normalized spacial score (nSPS) is 26.4. The number of rotatable bonds is 2. The fourth-order valence-corrected chi connectivity index (χ4v) is 2.48. The Morgan fingerprint density at radius 1 is 1.24 bits per heavy atom. The predicted molar refractivity (Wildman–Crippen MR) is 52.1 cm³/mol. The molecule has 0 radical (unpaired) electrons. The van der Waals surface area contributed by atoms with Crippen molar-refractivity contribution in [1.82, 2.24) is 9.80 Å². The third-order valence-electron chi connectivity index (χ3n) is 3.43. The minimum absolute atomic E-state index is 0.0566. The topological polar surface area (TPSA) is 23.6 Å². The highest BCUT2D eigenvalue weighted by molar-refractivity contribution is 5.84. The molecule has 0 aromatic carbocycles. The second-order valence-electron chi connectivity index (χ2n) is 4.51. The summed E-state index contributed by atoms with van der Waals surface area (Å²) in [5.74, 6) is -6.29. The van der Waals surface area contributed by atoms with E-state index in [0.29, 0.717) is 6.54 Å². The highest BCUT2D eigenvalue weighted by atomic mass is 19.3. The molecular formula is C10H14F4N2O. The molecule has 98 valence electrons. The lowest BCUT2D eigenvalue weighted by atomic mass is 10.1. The van der Waals surface area contributed by atoms with Crippen molar-refractivity contribution in [3.8, 4) is 0 Å². The molecule has 2 heterocycles. The Morgan fingerprint density at radius 2 is 1.94 bits per heavy atom. The second kappa shape index (κ2) is 4.44. The van der Waals surface area contributed by atoms with Crippen LogP contribution in [0.2, 0.25) is 0 Å². The van der Waals surface area contributed by atoms with Crippen LogP contribution in [0.25, 0.3) is 0 Å². The van der Waals surface area contributed by atoms with E-state index >= 15 is 0 Å². The molecule has 0 aromatic rings. The number of halogens is 4. The summed E-state index contributed by atoms with van der Waals surface area (Å²) in [6, 6.07) is 0.0566. The summed E-state index contributed by atoms with van der Waals surface area (Å²) in [5, 5.41) is 0. The van der Waals surface area contributed by atoms with Crippen LogP contribution in [0.15, 0.2) is 0 Å². The standard InChI is InChI=1S/C10H14F4N2O/c11-8(12)10(13,14)9(17)16-5-4-15-3-1-2-7(15)6-16/h7-8H,1-6H2. The Kier molecular flexibility index (Phi) is 3.29. The largest absolute Gasteiger partial charge is 0.383 e. The van der Waals surface area contributed by atoms with Crippen LogP contribution in [0.1, 0.15) is 12.8 Å². The van der Waals surface area contributed by atoms with Crippen molar-refractivity contribution in [2.24, 2.45) is 0 Å². The van der Waals surface area contributed by atoms with Gasteiger partial charge in [0.25, 0.3) is 5.91 Å². The average Bonchev–Trinajstić information content (AvgIpc) is 2.74. The van der Waals surface area contributed by atoms with E-state index < -0.39 is 18.3 Å². The molecular weight excluding hydrogens is 240 g/mol. The van der Waals surface area contributed by atoms with E-state index in [1.807, 2.05) is 0 Å². The lowest BCUT2D eigenvalue weighted by Gasteiger charge is -2.38. The molecule has 1 atom stereocenters. The van der Waals surface area contributed by atoms with Crippen LogP contribution < -0.4 is 0 Å². The van der Waals surface area contributed by atoms with E-state index in [1.54, 1.807) is 0 Å². The molecule has 2 rings (SSSR count). The van der Waals surface area contributed by atoms with E-state index in [-0.39, 0.29) is 19.1 Å². The van der Waals surface area contributed by atoms with Crippen molar-refractivity contribution in [1.29, 1.82) is 0 Å². The van der Waals surface area contributed by atoms with Crippen molar-refractivity contribution < 1.29 is 22.4 Å². The van der Waals surface area contributed by atoms with E-state index in [0.717, 1.165) is 24.3 Å². The zero-order valence-electron chi connectivity index (χ0n) is 9.21. The van der Waals surface area contributed by atoms with Gasteiger partial charge in [0.2, 0.25) is 0 Å². The summed E-state index contributed by atoms with van der Waals surface area (Å²) >= 11 is 0. The van der Waals surface area contributed by atoms with Crippen LogP contribution >= 0.6 is 0 Å². The molecule has 2 aliphatic rings. The molecule has 0 bridgehead atoms. The SMILES string of the molecule is O=C(N1CCN2CCCC2C1)C(F)(F)C(F)F. The van der Waals surface area contributed by atoms with Crippen LogP contribution in [-0.2, 0) is 4.79 Å². The molecule has 1 unspecified atom stereocenters. The number of hydrogen-bond acceptors (Lipinski definition) is 2. The third-order valence-corrected chi connectivity index (χ3v) is 3.43. The van der Waals surface area contributed by atoms with Gasteiger partial charge in [0.1, 0.15) is 0 Å². The lowest BCUT2D eigenvalue weighted by Crippen LogP contribution is -2.57. The maximum absolute atomic E-state index is 12.9. The fourth-order valence-electron chi connectivity index (χ4n) is 2.48. The molecule has 2 saturated heterocycles. The first kappa shape index (κ1) is 12.6. The van der Waals surface area contributed by atoms with Crippen LogP contribution in [0.5, 0.6) is 0 Å². The number of carbonyl (C=O) groups excluding carboxylic acids is 1. The summed E-state index contributed by atoms with van der Waals surface area (Å²) in [6.45, 7) is 1.65. The molecule has 0 saturated carbocycles. The summed E-state index contributed by atoms with van der Waals surface area (Å²) in [6.07, 6.45) is -2.13. The smallest absolute Gasteiger partial charge is 0.334 e. The first-order valence-electron chi connectivity index (χ1n) is 5.62. The molecule has 17 heavy (non-hydrogen) atoms. The van der Waals surface area contributed by atoms with Gasteiger partial charge in [0, 0.05) is 25.7 Å². The zero-order chi connectivity index (χ0) is 12.6. The van der Waals surface area contributed by atoms with Gasteiger partial charge in [-0.3, -0.25) is 9.69 Å². The van der Waals surface area contributed by atoms with Crippen LogP contribution in [-0.4, -0.2) is 60.3 Å². The average molecular weight is 254 g/mol. The molecule has 7 heteroatoms. The van der Waals surface area contributed by atoms with E-state index in [4.69, 9.17) is 0 Å². The number of fused-ring (bicyclic) bond motifs is 1. The Balaban J connectivity index is 2.01. The molecule has 1 amide bonds. The number of amides is 1. The Labute approximate surface area is 96.4 Å². The van der Waals surface area contributed by atoms with Crippen LogP contribution in [0, 0.1) is 0 Å². The Morgan fingerprint density at radius 3 is 2.59 bits per heavy atom. The van der Waals surface area contributed by atoms with Crippen molar-refractivity contribution in [2.45, 2.75) is 31.2 Å². The monoisotopic (exact) mass is 254 g/mol. The third kappa shape index (κ3) is 2.25. The predicted octanol–water partition coefficient (Wildman–Crippen LogP) is 1.19. The van der Waals surface area contributed by atoms with Crippen molar-refractivity contribution in [2.75, 3.05) is 26.2 Å². The highest BCUT2D eigenvalue weighted by Gasteiger charge is 2.52. The summed E-state index contributed by atoms with van der Waals surface area (Å²) < 4.78 is 50.0. The molecule has 2 fully saturated rings. The summed E-state index contributed by atoms with van der Waals surface area (Å²) in [4.78, 5) is 14.3. The number of carbonyl (C=O) groups is 1. The van der Waals surface area contributed by atoms with Crippen LogP contribution in [0.3, 0.4) is 0 Å². The minimum atomic E-state index is -4.55. The molecule has 2 aliphatic heterocycles. The van der Waals surface area contributed by atoms with Gasteiger partial charge >= 0.3 is 12.3 Å². The Bertz CT molecular complexity index is 311. The molecule has 0 spiro atoms. The maximum Gasteiger partial charge on any atom is 0.383 e. The van der Waals surface area contributed by atoms with Gasteiger partial charge in [0.05, 0.1) is 0 Å². The van der Waals surface area contributed by atoms with E-state index in [1.165, 1.54) is 0 Å². The number of hydrogen-bond donors (Lipinski definition) is 0. The van der Waals surface area contributed by atoms with Crippen LogP contribution in [0.4, 0.5) is 17.6 Å². The van der Waals surface area contributed by atoms with E-state index in [2.05, 4.69) is 4.90 Å². The van der Waals surface area contributed by atoms with Gasteiger partial charge in [-0.1, -0.05) is 0 Å². The van der Waals surface area contributed by atoms with Gasteiger partial charge in [-0.2, -0.15) is 8.78 Å². The van der Waals surface area contributed by atoms with Gasteiger partial charge in [-0.05, 0) is 19.4 Å². The minimum Gasteiger partial charge on any atom is -0.334 e. The number of piperazine rings is 1. The maximum atomic E-state index is 12.9. The first-order valence-corrected chi connectivity index (χ1v) is 5.62. The van der Waals surface area contributed by atoms with E-state index in [9.17, 15) is 22.4 Å². The Hall–Kier alpha value is -0.850. The van der Waals surface area contributed by atoms with Crippen molar-refractivity contribution in [3.05, 3.63) is 0 Å². The second-order valence-corrected chi connectivity index (χ2v) is 4.51. The summed E-state index contributed by atoms with van der Waals surface area (Å²) in [7, 11) is 0. The molecule has 0 aromatic heterocycles. The molecule has 0 N–H and O–H groups in total. The van der Waals surface area contributed by atoms with Crippen molar-refractivity contribution >= 4 is 5.91 Å². The zero-order valence-corrected chi connectivity index (χ0v) is 9.21. The van der Waals surface area contributed by atoms with Gasteiger partial charge < -0.3 is 4.90 Å².